The van der Waals surface area contributed by atoms with Crippen molar-refractivity contribution in [3.8, 4) is 0 Å². The lowest BCUT2D eigenvalue weighted by molar-refractivity contribution is 0.0949. The summed E-state index contributed by atoms with van der Waals surface area (Å²) in [5.74, 6) is -0.200. The van der Waals surface area contributed by atoms with Gasteiger partial charge in [-0.1, -0.05) is 48.0 Å². The highest BCUT2D eigenvalue weighted by Gasteiger charge is 2.14. The molecule has 30 heavy (non-hydrogen) atoms. The van der Waals surface area contributed by atoms with Crippen LogP contribution in [-0.4, -0.2) is 10.9 Å². The Morgan fingerprint density at radius 1 is 0.833 bits per heavy atom. The van der Waals surface area contributed by atoms with Crippen LogP contribution in [-0.2, 0) is 6.54 Å². The SMILES string of the molecule is Cc1ccc(NCc2ccc(N(NC(=O)c3ccc[nH]3)c3ccccc3)cc2)cc1. The van der Waals surface area contributed by atoms with Crippen LogP contribution in [0.25, 0.3) is 0 Å². The highest BCUT2D eigenvalue weighted by atomic mass is 16.2. The van der Waals surface area contributed by atoms with E-state index in [1.165, 1.54) is 5.56 Å². The number of amides is 1. The zero-order valence-electron chi connectivity index (χ0n) is 16.8. The largest absolute Gasteiger partial charge is 0.381 e. The second kappa shape index (κ2) is 9.01. The number of hydrogen-bond donors (Lipinski definition) is 3. The first-order chi connectivity index (χ1) is 14.7. The molecule has 1 aromatic heterocycles. The number of aromatic nitrogens is 1. The van der Waals surface area contributed by atoms with Crippen molar-refractivity contribution in [1.82, 2.24) is 10.4 Å². The zero-order valence-corrected chi connectivity index (χ0v) is 16.8. The molecule has 0 aliphatic carbocycles. The van der Waals surface area contributed by atoms with Gasteiger partial charge >= 0.3 is 0 Å². The molecule has 0 aliphatic heterocycles. The van der Waals surface area contributed by atoms with Gasteiger partial charge in [0.1, 0.15) is 5.69 Å². The monoisotopic (exact) mass is 396 g/mol. The minimum Gasteiger partial charge on any atom is -0.381 e. The summed E-state index contributed by atoms with van der Waals surface area (Å²) in [4.78, 5) is 15.6. The van der Waals surface area contributed by atoms with Crippen molar-refractivity contribution >= 4 is 23.0 Å². The highest BCUT2D eigenvalue weighted by Crippen LogP contribution is 2.24. The third kappa shape index (κ3) is 4.70. The smallest absolute Gasteiger partial charge is 0.286 e. The van der Waals surface area contributed by atoms with Gasteiger partial charge in [-0.2, -0.15) is 0 Å². The van der Waals surface area contributed by atoms with Gasteiger partial charge in [0.05, 0.1) is 11.4 Å². The van der Waals surface area contributed by atoms with Gasteiger partial charge in [0.15, 0.2) is 0 Å². The number of rotatable bonds is 7. The maximum Gasteiger partial charge on any atom is 0.286 e. The van der Waals surface area contributed by atoms with Crippen molar-refractivity contribution in [2.75, 3.05) is 10.3 Å². The number of anilines is 3. The van der Waals surface area contributed by atoms with Crippen LogP contribution in [0, 0.1) is 6.92 Å². The van der Waals surface area contributed by atoms with E-state index in [2.05, 4.69) is 59.0 Å². The standard InChI is InChI=1S/C25H24N4O/c1-19-9-13-21(14-10-19)27-18-20-11-15-23(16-12-20)29(22-6-3-2-4-7-22)28-25(30)24-8-5-17-26-24/h2-17,26-27H,18H2,1H3,(H,28,30). The summed E-state index contributed by atoms with van der Waals surface area (Å²) in [5, 5.41) is 5.22. The van der Waals surface area contributed by atoms with Crippen molar-refractivity contribution in [3.63, 3.8) is 0 Å². The summed E-state index contributed by atoms with van der Waals surface area (Å²) in [6.45, 7) is 2.80. The number of para-hydroxylation sites is 1. The number of aryl methyl sites for hydroxylation is 1. The van der Waals surface area contributed by atoms with Crippen LogP contribution in [0.1, 0.15) is 21.6 Å². The zero-order chi connectivity index (χ0) is 20.8. The Morgan fingerprint density at radius 3 is 2.20 bits per heavy atom. The minimum atomic E-state index is -0.200. The summed E-state index contributed by atoms with van der Waals surface area (Å²) < 4.78 is 0. The molecule has 0 saturated heterocycles. The number of aromatic amines is 1. The van der Waals surface area contributed by atoms with Crippen molar-refractivity contribution < 1.29 is 4.79 Å². The first kappa shape index (κ1) is 19.3. The Hall–Kier alpha value is -3.99. The number of benzene rings is 3. The quantitative estimate of drug-likeness (QED) is 0.366. The molecule has 5 nitrogen and oxygen atoms in total. The van der Waals surface area contributed by atoms with Gasteiger partial charge in [-0.05, 0) is 61.0 Å². The van der Waals surface area contributed by atoms with Crippen LogP contribution in [0.5, 0.6) is 0 Å². The lowest BCUT2D eigenvalue weighted by Crippen LogP contribution is -2.39. The van der Waals surface area contributed by atoms with Gasteiger partial charge < -0.3 is 10.3 Å². The predicted octanol–water partition coefficient (Wildman–Crippen LogP) is 5.42. The first-order valence-electron chi connectivity index (χ1n) is 9.88. The molecule has 1 amide bonds. The van der Waals surface area contributed by atoms with Crippen molar-refractivity contribution in [1.29, 1.82) is 0 Å². The second-order valence-corrected chi connectivity index (χ2v) is 7.08. The van der Waals surface area contributed by atoms with E-state index < -0.39 is 0 Å². The molecule has 1 heterocycles. The lowest BCUT2D eigenvalue weighted by Gasteiger charge is -2.25. The summed E-state index contributed by atoms with van der Waals surface area (Å²) >= 11 is 0. The maximum atomic E-state index is 12.6. The van der Waals surface area contributed by atoms with Gasteiger partial charge in [-0.15, -0.1) is 0 Å². The number of carbonyl (C=O) groups is 1. The van der Waals surface area contributed by atoms with E-state index >= 15 is 0 Å². The van der Waals surface area contributed by atoms with Crippen LogP contribution in [0.4, 0.5) is 17.1 Å². The van der Waals surface area contributed by atoms with Crippen LogP contribution in [0.3, 0.4) is 0 Å². The fourth-order valence-electron chi connectivity index (χ4n) is 3.13. The third-order valence-corrected chi connectivity index (χ3v) is 4.81. The van der Waals surface area contributed by atoms with E-state index in [0.717, 1.165) is 29.2 Å². The Labute approximate surface area is 176 Å². The molecule has 0 bridgehead atoms. The van der Waals surface area contributed by atoms with E-state index in [0.29, 0.717) is 5.69 Å². The summed E-state index contributed by atoms with van der Waals surface area (Å²) in [7, 11) is 0. The number of hydrazine groups is 1. The summed E-state index contributed by atoms with van der Waals surface area (Å²) in [5.41, 5.74) is 8.73. The highest BCUT2D eigenvalue weighted by molar-refractivity contribution is 5.94. The first-order valence-corrected chi connectivity index (χ1v) is 9.88. The normalized spacial score (nSPS) is 10.4. The van der Waals surface area contributed by atoms with Gasteiger partial charge in [-0.3, -0.25) is 15.2 Å². The number of carbonyl (C=O) groups excluding carboxylic acids is 1. The van der Waals surface area contributed by atoms with E-state index in [9.17, 15) is 4.79 Å². The molecule has 0 radical (unpaired) electrons. The van der Waals surface area contributed by atoms with Gasteiger partial charge in [0.2, 0.25) is 0 Å². The van der Waals surface area contributed by atoms with Gasteiger partial charge in [-0.25, -0.2) is 0 Å². The molecule has 0 aliphatic rings. The molecule has 150 valence electrons. The predicted molar refractivity (Wildman–Crippen MR) is 122 cm³/mol. The number of nitrogens with one attached hydrogen (secondary N) is 3. The Balaban J connectivity index is 1.50. The van der Waals surface area contributed by atoms with Crippen molar-refractivity contribution in [2.24, 2.45) is 0 Å². The molecule has 0 saturated carbocycles. The topological polar surface area (TPSA) is 60.2 Å². The maximum absolute atomic E-state index is 12.6. The second-order valence-electron chi connectivity index (χ2n) is 7.08. The van der Waals surface area contributed by atoms with Gasteiger partial charge in [0, 0.05) is 18.4 Å². The van der Waals surface area contributed by atoms with E-state index in [4.69, 9.17) is 0 Å². The molecule has 3 aromatic carbocycles. The van der Waals surface area contributed by atoms with Crippen molar-refractivity contribution in [2.45, 2.75) is 13.5 Å². The fraction of sp³-hybridized carbons (Fsp3) is 0.0800. The number of H-pyrrole nitrogens is 1. The molecule has 0 spiro atoms. The molecule has 0 fully saturated rings. The van der Waals surface area contributed by atoms with Crippen LogP contribution in [0.2, 0.25) is 0 Å². The number of nitrogens with zero attached hydrogens (tertiary/aromatic N) is 1. The Morgan fingerprint density at radius 2 is 1.53 bits per heavy atom. The molecule has 4 aromatic rings. The molecule has 5 heteroatoms. The molecule has 3 N–H and O–H groups in total. The molecule has 4 rings (SSSR count). The third-order valence-electron chi connectivity index (χ3n) is 4.81. The van der Waals surface area contributed by atoms with E-state index in [1.54, 1.807) is 23.3 Å². The summed E-state index contributed by atoms with van der Waals surface area (Å²) in [6, 6.07) is 29.8. The van der Waals surface area contributed by atoms with Crippen LogP contribution < -0.4 is 15.8 Å². The van der Waals surface area contributed by atoms with Crippen molar-refractivity contribution in [3.05, 3.63) is 114 Å². The lowest BCUT2D eigenvalue weighted by atomic mass is 10.1. The van der Waals surface area contributed by atoms with E-state index in [1.807, 2.05) is 42.5 Å². The molecular weight excluding hydrogens is 372 g/mol. The minimum absolute atomic E-state index is 0.200. The molecule has 0 unspecified atom stereocenters. The van der Waals surface area contributed by atoms with Crippen LogP contribution >= 0.6 is 0 Å². The Bertz CT molecular complexity index is 1070. The van der Waals surface area contributed by atoms with Gasteiger partial charge in [0.25, 0.3) is 5.91 Å². The molecule has 0 atom stereocenters. The van der Waals surface area contributed by atoms with Crippen LogP contribution in [0.15, 0.2) is 97.2 Å². The molecular formula is C25H24N4O. The Kier molecular flexibility index (Phi) is 5.80. The average Bonchev–Trinajstić information content (AvgIpc) is 3.33. The van der Waals surface area contributed by atoms with E-state index in [-0.39, 0.29) is 5.91 Å². The summed E-state index contributed by atoms with van der Waals surface area (Å²) in [6.07, 6.45) is 1.73. The fourth-order valence-corrected chi connectivity index (χ4v) is 3.13. The number of hydrogen-bond acceptors (Lipinski definition) is 3. The average molecular weight is 396 g/mol.